The lowest BCUT2D eigenvalue weighted by molar-refractivity contribution is -0.134. The van der Waals surface area contributed by atoms with Gasteiger partial charge in [-0.1, -0.05) is 0 Å². The number of ether oxygens (including phenoxy) is 1. The lowest BCUT2D eigenvalue weighted by Crippen LogP contribution is -2.47. The molecule has 4 nitrogen and oxygen atoms in total. The summed E-state index contributed by atoms with van der Waals surface area (Å²) < 4.78 is 5.10. The van der Waals surface area contributed by atoms with Crippen molar-refractivity contribution in [3.63, 3.8) is 0 Å². The highest BCUT2D eigenvalue weighted by atomic mass is 16.5. The summed E-state index contributed by atoms with van der Waals surface area (Å²) in [5, 5.41) is 0. The summed E-state index contributed by atoms with van der Waals surface area (Å²) in [6, 6.07) is -0.378. The molecule has 1 amide bonds. The smallest absolute Gasteiger partial charge is 0.239 e. The Hall–Kier alpha value is -0.610. The molecule has 1 aliphatic rings. The maximum atomic E-state index is 11.6. The van der Waals surface area contributed by atoms with Crippen LogP contribution in [0.1, 0.15) is 19.8 Å². The molecule has 82 valence electrons. The Morgan fingerprint density at radius 1 is 1.71 bits per heavy atom. The van der Waals surface area contributed by atoms with E-state index >= 15 is 0 Å². The summed E-state index contributed by atoms with van der Waals surface area (Å²) in [7, 11) is 1.70. The molecule has 14 heavy (non-hydrogen) atoms. The second-order valence-electron chi connectivity index (χ2n) is 4.04. The minimum absolute atomic E-state index is 0.0609. The Bertz CT molecular complexity index is 193. The molecule has 0 radical (unpaired) electrons. The lowest BCUT2D eigenvalue weighted by Gasteiger charge is -2.33. The third kappa shape index (κ3) is 2.96. The maximum absolute atomic E-state index is 11.6. The van der Waals surface area contributed by atoms with Gasteiger partial charge in [0.15, 0.2) is 0 Å². The van der Waals surface area contributed by atoms with Crippen LogP contribution in [0.5, 0.6) is 0 Å². The van der Waals surface area contributed by atoms with Gasteiger partial charge in [0.25, 0.3) is 0 Å². The van der Waals surface area contributed by atoms with Crippen LogP contribution in [0.15, 0.2) is 0 Å². The standard InChI is InChI=1S/C10H20N2O2/c1-8(11)10(13)12-5-3-4-9(6-12)7-14-2/h8-9H,3-7,11H2,1-2H3/t8-,9?/m1/s1. The van der Waals surface area contributed by atoms with E-state index in [2.05, 4.69) is 0 Å². The van der Waals surface area contributed by atoms with E-state index in [0.29, 0.717) is 5.92 Å². The average Bonchev–Trinajstić information content (AvgIpc) is 2.17. The Morgan fingerprint density at radius 2 is 2.43 bits per heavy atom. The Balaban J connectivity index is 2.43. The Morgan fingerprint density at radius 3 is 3.00 bits per heavy atom. The van der Waals surface area contributed by atoms with Crippen LogP contribution in [0.2, 0.25) is 0 Å². The first-order valence-electron chi connectivity index (χ1n) is 5.18. The number of carbonyl (C=O) groups is 1. The quantitative estimate of drug-likeness (QED) is 0.709. The molecule has 0 aromatic rings. The van der Waals surface area contributed by atoms with Gasteiger partial charge in [-0.2, -0.15) is 0 Å². The van der Waals surface area contributed by atoms with E-state index < -0.39 is 0 Å². The molecule has 2 atom stereocenters. The van der Waals surface area contributed by atoms with Crippen LogP contribution in [-0.4, -0.2) is 43.7 Å². The number of nitrogens with zero attached hydrogens (tertiary/aromatic N) is 1. The minimum Gasteiger partial charge on any atom is -0.384 e. The van der Waals surface area contributed by atoms with Gasteiger partial charge in [0.2, 0.25) is 5.91 Å². The number of hydrogen-bond acceptors (Lipinski definition) is 3. The molecule has 0 aromatic heterocycles. The third-order valence-corrected chi connectivity index (χ3v) is 2.62. The topological polar surface area (TPSA) is 55.6 Å². The summed E-state index contributed by atoms with van der Waals surface area (Å²) in [5.41, 5.74) is 5.56. The first kappa shape index (κ1) is 11.5. The first-order chi connectivity index (χ1) is 6.65. The van der Waals surface area contributed by atoms with Gasteiger partial charge in [-0.3, -0.25) is 4.79 Å². The van der Waals surface area contributed by atoms with Crippen molar-refractivity contribution >= 4 is 5.91 Å². The Kier molecular flexibility index (Phi) is 4.35. The molecule has 2 N–H and O–H groups in total. The fourth-order valence-electron chi connectivity index (χ4n) is 1.92. The number of carbonyl (C=O) groups excluding carboxylic acids is 1. The van der Waals surface area contributed by atoms with Gasteiger partial charge in [0.1, 0.15) is 0 Å². The van der Waals surface area contributed by atoms with Gasteiger partial charge >= 0.3 is 0 Å². The molecule has 1 fully saturated rings. The van der Waals surface area contributed by atoms with Gasteiger partial charge in [-0.25, -0.2) is 0 Å². The zero-order chi connectivity index (χ0) is 10.6. The van der Waals surface area contributed by atoms with E-state index in [1.807, 2.05) is 4.90 Å². The van der Waals surface area contributed by atoms with E-state index in [0.717, 1.165) is 32.5 Å². The molecule has 1 heterocycles. The van der Waals surface area contributed by atoms with Crippen molar-refractivity contribution in [3.8, 4) is 0 Å². The predicted molar refractivity (Wildman–Crippen MR) is 54.8 cm³/mol. The molecule has 1 saturated heterocycles. The van der Waals surface area contributed by atoms with E-state index in [-0.39, 0.29) is 11.9 Å². The van der Waals surface area contributed by atoms with Crippen molar-refractivity contribution in [3.05, 3.63) is 0 Å². The molecular formula is C10H20N2O2. The van der Waals surface area contributed by atoms with Gasteiger partial charge < -0.3 is 15.4 Å². The summed E-state index contributed by atoms with van der Waals surface area (Å²) in [6.07, 6.45) is 2.21. The van der Waals surface area contributed by atoms with Gasteiger partial charge in [-0.15, -0.1) is 0 Å². The highest BCUT2D eigenvalue weighted by Crippen LogP contribution is 2.16. The van der Waals surface area contributed by atoms with E-state index in [9.17, 15) is 4.79 Å². The number of hydrogen-bond donors (Lipinski definition) is 1. The van der Waals surface area contributed by atoms with Crippen LogP contribution in [0.25, 0.3) is 0 Å². The molecule has 0 saturated carbocycles. The predicted octanol–water partition coefficient (Wildman–Crippen LogP) is 0.219. The minimum atomic E-state index is -0.378. The van der Waals surface area contributed by atoms with Crippen LogP contribution in [0.3, 0.4) is 0 Å². The van der Waals surface area contributed by atoms with E-state index in [1.54, 1.807) is 14.0 Å². The summed E-state index contributed by atoms with van der Waals surface area (Å²) in [6.45, 7) is 4.12. The van der Waals surface area contributed by atoms with Crippen molar-refractivity contribution in [2.45, 2.75) is 25.8 Å². The molecule has 0 aliphatic carbocycles. The number of nitrogens with two attached hydrogens (primary N) is 1. The molecule has 4 heteroatoms. The molecule has 0 bridgehead atoms. The normalized spacial score (nSPS) is 24.8. The van der Waals surface area contributed by atoms with Crippen molar-refractivity contribution in [1.29, 1.82) is 0 Å². The molecule has 0 aromatic carbocycles. The number of piperidine rings is 1. The second-order valence-corrected chi connectivity index (χ2v) is 4.04. The van der Waals surface area contributed by atoms with Crippen LogP contribution >= 0.6 is 0 Å². The Labute approximate surface area is 85.4 Å². The SMILES string of the molecule is COCC1CCCN(C(=O)[C@@H](C)N)C1. The number of amides is 1. The van der Waals surface area contributed by atoms with Crippen molar-refractivity contribution < 1.29 is 9.53 Å². The van der Waals surface area contributed by atoms with Crippen LogP contribution in [0.4, 0.5) is 0 Å². The summed E-state index contributed by atoms with van der Waals surface area (Å²) in [4.78, 5) is 13.5. The highest BCUT2D eigenvalue weighted by Gasteiger charge is 2.24. The van der Waals surface area contributed by atoms with Crippen molar-refractivity contribution in [2.75, 3.05) is 26.8 Å². The van der Waals surface area contributed by atoms with Crippen molar-refractivity contribution in [2.24, 2.45) is 11.7 Å². The van der Waals surface area contributed by atoms with Gasteiger partial charge in [0, 0.05) is 20.2 Å². The second kappa shape index (κ2) is 5.32. The van der Waals surface area contributed by atoms with Crippen LogP contribution in [-0.2, 0) is 9.53 Å². The lowest BCUT2D eigenvalue weighted by atomic mass is 9.98. The zero-order valence-electron chi connectivity index (χ0n) is 9.03. The van der Waals surface area contributed by atoms with Crippen LogP contribution < -0.4 is 5.73 Å². The fraction of sp³-hybridized carbons (Fsp3) is 0.900. The number of rotatable bonds is 3. The fourth-order valence-corrected chi connectivity index (χ4v) is 1.92. The zero-order valence-corrected chi connectivity index (χ0v) is 9.03. The van der Waals surface area contributed by atoms with Gasteiger partial charge in [-0.05, 0) is 25.7 Å². The van der Waals surface area contributed by atoms with E-state index in [4.69, 9.17) is 10.5 Å². The third-order valence-electron chi connectivity index (χ3n) is 2.62. The molecular weight excluding hydrogens is 180 g/mol. The van der Waals surface area contributed by atoms with E-state index in [1.165, 1.54) is 0 Å². The average molecular weight is 200 g/mol. The monoisotopic (exact) mass is 200 g/mol. The first-order valence-corrected chi connectivity index (χ1v) is 5.18. The number of likely N-dealkylation sites (tertiary alicyclic amines) is 1. The van der Waals surface area contributed by atoms with Crippen LogP contribution in [0, 0.1) is 5.92 Å². The largest absolute Gasteiger partial charge is 0.384 e. The molecule has 1 aliphatic heterocycles. The molecule has 1 unspecified atom stereocenters. The molecule has 0 spiro atoms. The highest BCUT2D eigenvalue weighted by molar-refractivity contribution is 5.81. The van der Waals surface area contributed by atoms with Crippen molar-refractivity contribution in [1.82, 2.24) is 4.90 Å². The van der Waals surface area contributed by atoms with Gasteiger partial charge in [0.05, 0.1) is 12.6 Å². The summed E-state index contributed by atoms with van der Waals surface area (Å²) in [5.74, 6) is 0.544. The summed E-state index contributed by atoms with van der Waals surface area (Å²) >= 11 is 0. The number of methoxy groups -OCH3 is 1. The maximum Gasteiger partial charge on any atom is 0.239 e. The molecule has 1 rings (SSSR count).